The highest BCUT2D eigenvalue weighted by Crippen LogP contribution is 2.48. The number of ether oxygens (including phenoxy) is 1. The van der Waals surface area contributed by atoms with Gasteiger partial charge in [-0.25, -0.2) is 0 Å². The first-order valence-electron chi connectivity index (χ1n) is 5.88. The van der Waals surface area contributed by atoms with Crippen molar-refractivity contribution in [2.75, 3.05) is 13.2 Å². The highest BCUT2D eigenvalue weighted by molar-refractivity contribution is 6.55. The van der Waals surface area contributed by atoms with E-state index in [1.807, 2.05) is 6.07 Å². The van der Waals surface area contributed by atoms with Crippen LogP contribution in [0.25, 0.3) is 0 Å². The molecule has 0 fully saturated rings. The van der Waals surface area contributed by atoms with E-state index in [4.69, 9.17) is 67.2 Å². The molecule has 0 saturated heterocycles. The molecular weight excluding hydrogens is 379 g/mol. The Morgan fingerprint density at radius 2 is 1.57 bits per heavy atom. The molecule has 0 aliphatic rings. The number of hydrogen-bond acceptors (Lipinski definition) is 3. The van der Waals surface area contributed by atoms with Gasteiger partial charge in [-0.1, -0.05) is 58.0 Å². The summed E-state index contributed by atoms with van der Waals surface area (Å²) >= 11 is 29.9. The second-order valence-corrected chi connectivity index (χ2v) is 5.95. The Labute approximate surface area is 147 Å². The van der Waals surface area contributed by atoms with Crippen molar-refractivity contribution in [2.24, 2.45) is 0 Å². The lowest BCUT2D eigenvalue weighted by atomic mass is 10.3. The first-order valence-corrected chi connectivity index (χ1v) is 7.77. The van der Waals surface area contributed by atoms with E-state index >= 15 is 0 Å². The van der Waals surface area contributed by atoms with Crippen molar-refractivity contribution in [3.05, 3.63) is 49.3 Å². The number of hydrogen-bond donors (Lipinski definition) is 1. The molecule has 1 N–H and O–H groups in total. The molecule has 114 valence electrons. The van der Waals surface area contributed by atoms with Crippen molar-refractivity contribution in [3.8, 4) is 5.75 Å². The SMILES string of the molecule is Clc1c(Cl)c(Cl)c(OCCNCc2ccoc2)c(Cl)c1Cl. The van der Waals surface area contributed by atoms with Crippen LogP contribution in [-0.2, 0) is 6.54 Å². The van der Waals surface area contributed by atoms with Gasteiger partial charge in [0.2, 0.25) is 0 Å². The maximum atomic E-state index is 6.05. The first-order chi connectivity index (χ1) is 10.0. The number of rotatable bonds is 6. The normalized spacial score (nSPS) is 10.9. The molecule has 0 atom stereocenters. The van der Waals surface area contributed by atoms with Gasteiger partial charge in [-0.2, -0.15) is 0 Å². The van der Waals surface area contributed by atoms with E-state index in [0.717, 1.165) is 5.56 Å². The maximum Gasteiger partial charge on any atom is 0.159 e. The second kappa shape index (κ2) is 7.82. The molecular formula is C13H10Cl5NO2. The zero-order valence-corrected chi connectivity index (χ0v) is 14.3. The Morgan fingerprint density at radius 1 is 0.952 bits per heavy atom. The van der Waals surface area contributed by atoms with Crippen LogP contribution in [0.2, 0.25) is 25.1 Å². The van der Waals surface area contributed by atoms with Gasteiger partial charge in [0.05, 0.1) is 27.6 Å². The summed E-state index contributed by atoms with van der Waals surface area (Å²) in [6.45, 7) is 1.59. The maximum absolute atomic E-state index is 6.05. The Kier molecular flexibility index (Phi) is 6.35. The molecule has 1 aromatic heterocycles. The second-order valence-electron chi connectivity index (χ2n) is 4.06. The molecule has 0 aliphatic heterocycles. The minimum absolute atomic E-state index is 0.110. The average Bonchev–Trinajstić information content (AvgIpc) is 2.99. The van der Waals surface area contributed by atoms with Crippen molar-refractivity contribution < 1.29 is 9.15 Å². The molecule has 0 radical (unpaired) electrons. The van der Waals surface area contributed by atoms with E-state index < -0.39 is 0 Å². The van der Waals surface area contributed by atoms with Crippen LogP contribution in [0.1, 0.15) is 5.56 Å². The Hall–Kier alpha value is -0.290. The number of nitrogens with one attached hydrogen (secondary N) is 1. The van der Waals surface area contributed by atoms with Crippen LogP contribution in [0, 0.1) is 0 Å². The standard InChI is InChI=1S/C13H10Cl5NO2/c14-8-9(15)11(17)13(12(18)10(8)16)21-4-2-19-5-7-1-3-20-6-7/h1,3,6,19H,2,4-5H2. The minimum atomic E-state index is 0.110. The van der Waals surface area contributed by atoms with Crippen LogP contribution in [0.15, 0.2) is 23.0 Å². The largest absolute Gasteiger partial charge is 0.489 e. The Morgan fingerprint density at radius 3 is 2.14 bits per heavy atom. The van der Waals surface area contributed by atoms with Crippen molar-refractivity contribution >= 4 is 58.0 Å². The molecule has 8 heteroatoms. The molecule has 1 heterocycles. The summed E-state index contributed by atoms with van der Waals surface area (Å²) < 4.78 is 10.5. The predicted octanol–water partition coefficient (Wildman–Crippen LogP) is 5.72. The van der Waals surface area contributed by atoms with E-state index in [9.17, 15) is 0 Å². The topological polar surface area (TPSA) is 34.4 Å². The predicted molar refractivity (Wildman–Crippen MR) is 87.4 cm³/mol. The summed E-state index contributed by atoms with van der Waals surface area (Å²) in [6, 6.07) is 1.88. The zero-order valence-electron chi connectivity index (χ0n) is 10.6. The van der Waals surface area contributed by atoms with Gasteiger partial charge < -0.3 is 14.5 Å². The fraction of sp³-hybridized carbons (Fsp3) is 0.231. The molecule has 0 saturated carbocycles. The lowest BCUT2D eigenvalue weighted by Gasteiger charge is -2.13. The van der Waals surface area contributed by atoms with Crippen LogP contribution in [0.3, 0.4) is 0 Å². The smallest absolute Gasteiger partial charge is 0.159 e. The molecule has 3 nitrogen and oxygen atoms in total. The van der Waals surface area contributed by atoms with Gasteiger partial charge in [0.15, 0.2) is 5.75 Å². The molecule has 0 bridgehead atoms. The van der Waals surface area contributed by atoms with Gasteiger partial charge in [0.1, 0.15) is 16.7 Å². The summed E-state index contributed by atoms with van der Waals surface area (Å²) in [4.78, 5) is 0. The lowest BCUT2D eigenvalue weighted by Crippen LogP contribution is -2.20. The molecule has 0 amide bonds. The van der Waals surface area contributed by atoms with Crippen LogP contribution >= 0.6 is 58.0 Å². The van der Waals surface area contributed by atoms with Crippen LogP contribution in [-0.4, -0.2) is 13.2 Å². The van der Waals surface area contributed by atoms with Crippen molar-refractivity contribution in [2.45, 2.75) is 6.54 Å². The molecule has 1 aromatic carbocycles. The summed E-state index contributed by atoms with van der Waals surface area (Å²) in [5, 5.41) is 3.81. The molecule has 0 unspecified atom stereocenters. The minimum Gasteiger partial charge on any atom is -0.489 e. The Bertz CT molecular complexity index is 587. The third-order valence-corrected chi connectivity index (χ3v) is 4.85. The zero-order chi connectivity index (χ0) is 15.4. The highest BCUT2D eigenvalue weighted by Gasteiger charge is 2.20. The van der Waals surface area contributed by atoms with Crippen molar-refractivity contribution in [1.29, 1.82) is 0 Å². The summed E-state index contributed by atoms with van der Waals surface area (Å²) in [7, 11) is 0. The third-order valence-electron chi connectivity index (χ3n) is 2.60. The highest BCUT2D eigenvalue weighted by atomic mass is 35.5. The number of benzene rings is 1. The third kappa shape index (κ3) is 4.13. The van der Waals surface area contributed by atoms with Crippen LogP contribution in [0.4, 0.5) is 0 Å². The summed E-state index contributed by atoms with van der Waals surface area (Å²) in [6.07, 6.45) is 3.28. The molecule has 21 heavy (non-hydrogen) atoms. The quantitative estimate of drug-likeness (QED) is 0.390. The fourth-order valence-corrected chi connectivity index (χ4v) is 2.79. The summed E-state index contributed by atoms with van der Waals surface area (Å²) in [5.74, 6) is 0.225. The van der Waals surface area contributed by atoms with E-state index in [0.29, 0.717) is 19.7 Å². The number of halogens is 5. The van der Waals surface area contributed by atoms with Gasteiger partial charge in [-0.05, 0) is 6.07 Å². The molecule has 0 spiro atoms. The van der Waals surface area contributed by atoms with Crippen LogP contribution in [0.5, 0.6) is 5.75 Å². The van der Waals surface area contributed by atoms with Gasteiger partial charge in [-0.15, -0.1) is 0 Å². The van der Waals surface area contributed by atoms with Gasteiger partial charge in [-0.3, -0.25) is 0 Å². The van der Waals surface area contributed by atoms with Crippen molar-refractivity contribution in [1.82, 2.24) is 5.32 Å². The fourth-order valence-electron chi connectivity index (χ4n) is 1.56. The molecule has 2 aromatic rings. The number of furan rings is 1. The van der Waals surface area contributed by atoms with E-state index in [2.05, 4.69) is 5.32 Å². The van der Waals surface area contributed by atoms with Gasteiger partial charge in [0.25, 0.3) is 0 Å². The van der Waals surface area contributed by atoms with Crippen molar-refractivity contribution in [3.63, 3.8) is 0 Å². The Balaban J connectivity index is 1.91. The van der Waals surface area contributed by atoms with Gasteiger partial charge in [0, 0.05) is 18.7 Å². The van der Waals surface area contributed by atoms with Gasteiger partial charge >= 0.3 is 0 Å². The molecule has 2 rings (SSSR count). The lowest BCUT2D eigenvalue weighted by molar-refractivity contribution is 0.314. The average molecular weight is 389 g/mol. The summed E-state index contributed by atoms with van der Waals surface area (Å²) in [5.41, 5.74) is 1.05. The van der Waals surface area contributed by atoms with Crippen LogP contribution < -0.4 is 10.1 Å². The monoisotopic (exact) mass is 387 g/mol. The van der Waals surface area contributed by atoms with E-state index in [1.54, 1.807) is 12.5 Å². The first kappa shape index (κ1) is 17.1. The molecule has 0 aliphatic carbocycles. The van der Waals surface area contributed by atoms with E-state index in [-0.39, 0.29) is 30.9 Å². The van der Waals surface area contributed by atoms with E-state index in [1.165, 1.54) is 0 Å².